The standard InChI is InChI=1S/C15H11ClFN3OS/c16-9-1-6-12-13(7-9)22-15(19-12)20-14(21)8-18-11-4-2-10(17)3-5-11/h1-7,18H,8H2,(H,19,20,21). The zero-order valence-corrected chi connectivity index (χ0v) is 12.8. The highest BCUT2D eigenvalue weighted by molar-refractivity contribution is 7.22. The maximum Gasteiger partial charge on any atom is 0.245 e. The van der Waals surface area contributed by atoms with Crippen molar-refractivity contribution < 1.29 is 9.18 Å². The van der Waals surface area contributed by atoms with Crippen LogP contribution >= 0.6 is 22.9 Å². The van der Waals surface area contributed by atoms with E-state index in [2.05, 4.69) is 15.6 Å². The summed E-state index contributed by atoms with van der Waals surface area (Å²) in [6, 6.07) is 11.2. The van der Waals surface area contributed by atoms with Gasteiger partial charge in [0, 0.05) is 10.7 Å². The molecule has 0 aliphatic heterocycles. The van der Waals surface area contributed by atoms with E-state index in [-0.39, 0.29) is 18.3 Å². The van der Waals surface area contributed by atoms with Crippen LogP contribution in [0.25, 0.3) is 10.2 Å². The topological polar surface area (TPSA) is 54.0 Å². The molecule has 2 aromatic carbocycles. The average molecular weight is 336 g/mol. The molecule has 0 aliphatic carbocycles. The summed E-state index contributed by atoms with van der Waals surface area (Å²) in [4.78, 5) is 16.2. The second-order valence-corrected chi connectivity index (χ2v) is 6.01. The number of nitrogens with zero attached hydrogens (tertiary/aromatic N) is 1. The molecular formula is C15H11ClFN3OS. The molecule has 0 aliphatic rings. The minimum atomic E-state index is -0.317. The quantitative estimate of drug-likeness (QED) is 0.753. The molecule has 1 amide bonds. The number of carbonyl (C=O) groups is 1. The highest BCUT2D eigenvalue weighted by Gasteiger charge is 2.08. The molecule has 3 rings (SSSR count). The Morgan fingerprint density at radius 1 is 1.23 bits per heavy atom. The minimum absolute atomic E-state index is 0.0717. The number of nitrogens with one attached hydrogen (secondary N) is 2. The fraction of sp³-hybridized carbons (Fsp3) is 0.0667. The number of benzene rings is 2. The number of carbonyl (C=O) groups excluding carboxylic acids is 1. The van der Waals surface area contributed by atoms with Crippen molar-refractivity contribution in [3.05, 3.63) is 53.3 Å². The van der Waals surface area contributed by atoms with E-state index >= 15 is 0 Å². The van der Waals surface area contributed by atoms with Gasteiger partial charge in [-0.2, -0.15) is 0 Å². The first-order valence-electron chi connectivity index (χ1n) is 6.45. The second-order valence-electron chi connectivity index (χ2n) is 4.54. The van der Waals surface area contributed by atoms with E-state index < -0.39 is 0 Å². The lowest BCUT2D eigenvalue weighted by molar-refractivity contribution is -0.114. The van der Waals surface area contributed by atoms with Crippen molar-refractivity contribution in [2.45, 2.75) is 0 Å². The highest BCUT2D eigenvalue weighted by atomic mass is 35.5. The summed E-state index contributed by atoms with van der Waals surface area (Å²) < 4.78 is 13.7. The van der Waals surface area contributed by atoms with Gasteiger partial charge in [-0.3, -0.25) is 4.79 Å². The molecule has 0 bridgehead atoms. The SMILES string of the molecule is O=C(CNc1ccc(F)cc1)Nc1nc2ccc(Cl)cc2s1. The zero-order chi connectivity index (χ0) is 15.5. The minimum Gasteiger partial charge on any atom is -0.376 e. The number of amides is 1. The molecule has 0 saturated carbocycles. The van der Waals surface area contributed by atoms with Gasteiger partial charge in [-0.25, -0.2) is 9.37 Å². The molecule has 1 aromatic heterocycles. The average Bonchev–Trinajstić information content (AvgIpc) is 2.88. The van der Waals surface area contributed by atoms with Crippen molar-refractivity contribution in [2.24, 2.45) is 0 Å². The summed E-state index contributed by atoms with van der Waals surface area (Å²) in [7, 11) is 0. The fourth-order valence-corrected chi connectivity index (χ4v) is 3.02. The third kappa shape index (κ3) is 3.52. The molecule has 0 fully saturated rings. The molecular weight excluding hydrogens is 325 g/mol. The lowest BCUT2D eigenvalue weighted by Gasteiger charge is -2.05. The van der Waals surface area contributed by atoms with E-state index in [0.29, 0.717) is 15.8 Å². The van der Waals surface area contributed by atoms with E-state index in [1.165, 1.54) is 23.5 Å². The molecule has 4 nitrogen and oxygen atoms in total. The van der Waals surface area contributed by atoms with Crippen molar-refractivity contribution in [3.8, 4) is 0 Å². The summed E-state index contributed by atoms with van der Waals surface area (Å²) in [5.74, 6) is -0.544. The Hall–Kier alpha value is -2.18. The summed E-state index contributed by atoms with van der Waals surface area (Å²) in [6.45, 7) is 0.0717. The Morgan fingerprint density at radius 3 is 2.77 bits per heavy atom. The number of rotatable bonds is 4. The molecule has 1 heterocycles. The first kappa shape index (κ1) is 14.7. The van der Waals surface area contributed by atoms with Gasteiger partial charge >= 0.3 is 0 Å². The van der Waals surface area contributed by atoms with Crippen molar-refractivity contribution in [2.75, 3.05) is 17.2 Å². The van der Waals surface area contributed by atoms with Gasteiger partial charge in [0.1, 0.15) is 5.82 Å². The van der Waals surface area contributed by atoms with E-state index in [4.69, 9.17) is 11.6 Å². The predicted octanol–water partition coefficient (Wildman–Crippen LogP) is 4.14. The third-order valence-electron chi connectivity index (χ3n) is 2.89. The molecule has 112 valence electrons. The van der Waals surface area contributed by atoms with Gasteiger partial charge in [-0.1, -0.05) is 22.9 Å². The van der Waals surface area contributed by atoms with Crippen LogP contribution in [0.1, 0.15) is 0 Å². The lowest BCUT2D eigenvalue weighted by Crippen LogP contribution is -2.21. The number of halogens is 2. The first-order valence-corrected chi connectivity index (χ1v) is 7.65. The van der Waals surface area contributed by atoms with Crippen LogP contribution in [-0.4, -0.2) is 17.4 Å². The van der Waals surface area contributed by atoms with Gasteiger partial charge in [-0.05, 0) is 42.5 Å². The van der Waals surface area contributed by atoms with Crippen molar-refractivity contribution in [1.29, 1.82) is 0 Å². The van der Waals surface area contributed by atoms with E-state index in [9.17, 15) is 9.18 Å². The Kier molecular flexibility index (Phi) is 4.22. The summed E-state index contributed by atoms with van der Waals surface area (Å²) in [5.41, 5.74) is 1.46. The molecule has 7 heteroatoms. The number of hydrogen-bond donors (Lipinski definition) is 2. The maximum absolute atomic E-state index is 12.8. The fourth-order valence-electron chi connectivity index (χ4n) is 1.87. The predicted molar refractivity (Wildman–Crippen MR) is 88.1 cm³/mol. The van der Waals surface area contributed by atoms with Gasteiger partial charge < -0.3 is 10.6 Å². The Labute approximate surface area is 134 Å². The number of anilines is 2. The number of thiazole rings is 1. The van der Waals surface area contributed by atoms with Gasteiger partial charge in [0.15, 0.2) is 5.13 Å². The van der Waals surface area contributed by atoms with Gasteiger partial charge in [0.05, 0.1) is 16.8 Å². The van der Waals surface area contributed by atoms with Crippen LogP contribution in [0.2, 0.25) is 5.02 Å². The monoisotopic (exact) mass is 335 g/mol. The largest absolute Gasteiger partial charge is 0.376 e. The van der Waals surface area contributed by atoms with Crippen LogP contribution < -0.4 is 10.6 Å². The van der Waals surface area contributed by atoms with Gasteiger partial charge in [0.25, 0.3) is 0 Å². The highest BCUT2D eigenvalue weighted by Crippen LogP contribution is 2.28. The van der Waals surface area contributed by atoms with E-state index in [1.54, 1.807) is 30.3 Å². The van der Waals surface area contributed by atoms with Gasteiger partial charge in [0.2, 0.25) is 5.91 Å². The summed E-state index contributed by atoms with van der Waals surface area (Å²) in [6.07, 6.45) is 0. The van der Waals surface area contributed by atoms with Crippen LogP contribution in [0, 0.1) is 5.82 Å². The van der Waals surface area contributed by atoms with Crippen LogP contribution in [0.5, 0.6) is 0 Å². The molecule has 3 aromatic rings. The van der Waals surface area contributed by atoms with Crippen molar-refractivity contribution >= 4 is 49.9 Å². The number of aromatic nitrogens is 1. The van der Waals surface area contributed by atoms with Crippen molar-refractivity contribution in [1.82, 2.24) is 4.98 Å². The summed E-state index contributed by atoms with van der Waals surface area (Å²) >= 11 is 7.28. The first-order chi connectivity index (χ1) is 10.6. The Morgan fingerprint density at radius 2 is 2.00 bits per heavy atom. The zero-order valence-electron chi connectivity index (χ0n) is 11.3. The van der Waals surface area contributed by atoms with Crippen LogP contribution in [0.4, 0.5) is 15.2 Å². The Balaban J connectivity index is 1.61. The maximum atomic E-state index is 12.8. The molecule has 0 saturated heterocycles. The normalized spacial score (nSPS) is 10.6. The molecule has 22 heavy (non-hydrogen) atoms. The number of hydrogen-bond acceptors (Lipinski definition) is 4. The molecule has 0 spiro atoms. The number of fused-ring (bicyclic) bond motifs is 1. The molecule has 2 N–H and O–H groups in total. The van der Waals surface area contributed by atoms with E-state index in [0.717, 1.165) is 10.2 Å². The smallest absolute Gasteiger partial charge is 0.245 e. The molecule has 0 atom stereocenters. The van der Waals surface area contributed by atoms with Crippen LogP contribution in [-0.2, 0) is 4.79 Å². The van der Waals surface area contributed by atoms with Crippen LogP contribution in [0.15, 0.2) is 42.5 Å². The van der Waals surface area contributed by atoms with Crippen LogP contribution in [0.3, 0.4) is 0 Å². The van der Waals surface area contributed by atoms with Gasteiger partial charge in [-0.15, -0.1) is 0 Å². The Bertz CT molecular complexity index is 819. The second kappa shape index (κ2) is 6.29. The molecule has 0 unspecified atom stereocenters. The van der Waals surface area contributed by atoms with Crippen molar-refractivity contribution in [3.63, 3.8) is 0 Å². The van der Waals surface area contributed by atoms with E-state index in [1.807, 2.05) is 0 Å². The molecule has 0 radical (unpaired) electrons. The third-order valence-corrected chi connectivity index (χ3v) is 4.06. The lowest BCUT2D eigenvalue weighted by atomic mass is 10.3. The summed E-state index contributed by atoms with van der Waals surface area (Å²) in [5, 5.41) is 6.78.